The van der Waals surface area contributed by atoms with Crippen molar-refractivity contribution >= 4 is 31.2 Å². The second-order valence-electron chi connectivity index (χ2n) is 3.80. The second kappa shape index (κ2) is 4.73. The average Bonchev–Trinajstić information content (AvgIpc) is 2.94. The molecule has 0 aromatic carbocycles. The van der Waals surface area contributed by atoms with Crippen LogP contribution in [0.1, 0.15) is 19.7 Å². The highest BCUT2D eigenvalue weighted by Gasteiger charge is 2.50. The van der Waals surface area contributed by atoms with Crippen molar-refractivity contribution in [2.45, 2.75) is 19.0 Å². The van der Waals surface area contributed by atoms with E-state index in [1.807, 2.05) is 13.8 Å². The highest BCUT2D eigenvalue weighted by molar-refractivity contribution is 8.06. The molecule has 10 heteroatoms. The lowest BCUT2D eigenvalue weighted by Gasteiger charge is -2.28. The molecule has 8 nitrogen and oxygen atoms in total. The molecule has 1 aromatic rings. The van der Waals surface area contributed by atoms with Crippen molar-refractivity contribution in [3.8, 4) is 0 Å². The Morgan fingerprint density at radius 3 is 3.05 bits per heavy atom. The van der Waals surface area contributed by atoms with Crippen LogP contribution in [0.2, 0.25) is 0 Å². The Labute approximate surface area is 114 Å². The smallest absolute Gasteiger partial charge is 0.310 e. The fourth-order valence-electron chi connectivity index (χ4n) is 1.96. The number of tetrazole rings is 1. The van der Waals surface area contributed by atoms with E-state index < -0.39 is 12.6 Å². The minimum absolute atomic E-state index is 0.346. The predicted molar refractivity (Wildman–Crippen MR) is 73.7 cm³/mol. The standard InChI is InChI=1S/C9H13N6O2PS/c1-3-17-18(16)9(19-4-2)10-7-5-6-8-11-12-13-14(8)15(7)18/h5-6,9H,3-4H2,1-2H3. The molecule has 0 N–H and O–H groups in total. The van der Waals surface area contributed by atoms with Gasteiger partial charge in [0.25, 0.3) is 0 Å². The van der Waals surface area contributed by atoms with Crippen molar-refractivity contribution in [3.05, 3.63) is 11.9 Å². The highest BCUT2D eigenvalue weighted by atomic mass is 32.2. The molecule has 0 amide bonds. The Balaban J connectivity index is 2.08. The molecule has 1 aromatic heterocycles. The lowest BCUT2D eigenvalue weighted by atomic mass is 10.4. The Morgan fingerprint density at radius 2 is 2.32 bits per heavy atom. The maximum Gasteiger partial charge on any atom is 0.351 e. The normalized spacial score (nSPS) is 28.2. The van der Waals surface area contributed by atoms with E-state index >= 15 is 0 Å². The summed E-state index contributed by atoms with van der Waals surface area (Å²) in [5.74, 6) is 1.89. The van der Waals surface area contributed by atoms with Crippen molar-refractivity contribution in [1.82, 2.24) is 20.3 Å². The van der Waals surface area contributed by atoms with Crippen molar-refractivity contribution in [2.24, 2.45) is 4.99 Å². The minimum Gasteiger partial charge on any atom is -0.310 e. The summed E-state index contributed by atoms with van der Waals surface area (Å²) in [5.41, 5.74) is 0. The third-order valence-electron chi connectivity index (χ3n) is 2.66. The van der Waals surface area contributed by atoms with Crippen LogP contribution in [0.3, 0.4) is 0 Å². The van der Waals surface area contributed by atoms with Crippen LogP contribution in [0.5, 0.6) is 0 Å². The minimum atomic E-state index is -3.17. The average molecular weight is 300 g/mol. The van der Waals surface area contributed by atoms with Gasteiger partial charge in [-0.25, -0.2) is 4.99 Å². The first-order chi connectivity index (χ1) is 9.20. The Hall–Kier alpha value is -1.18. The zero-order valence-corrected chi connectivity index (χ0v) is 12.2. The molecular weight excluding hydrogens is 287 g/mol. The molecule has 0 bridgehead atoms. The number of aliphatic imine (C=N–C) groups is 1. The van der Waals surface area contributed by atoms with Gasteiger partial charge in [-0.3, -0.25) is 4.57 Å². The molecule has 19 heavy (non-hydrogen) atoms. The van der Waals surface area contributed by atoms with E-state index in [0.717, 1.165) is 5.75 Å². The number of nitrogens with zero attached hydrogens (tertiary/aromatic N) is 6. The summed E-state index contributed by atoms with van der Waals surface area (Å²) in [6.07, 6.45) is 3.50. The van der Waals surface area contributed by atoms with Crippen LogP contribution < -0.4 is 4.78 Å². The molecule has 3 heterocycles. The molecule has 0 aliphatic carbocycles. The third-order valence-corrected chi connectivity index (χ3v) is 6.85. The number of thioether (sulfide) groups is 1. The van der Waals surface area contributed by atoms with E-state index in [-0.39, 0.29) is 0 Å². The quantitative estimate of drug-likeness (QED) is 0.775. The summed E-state index contributed by atoms with van der Waals surface area (Å²) in [6, 6.07) is 0. The Bertz CT molecular complexity index is 599. The number of aromatic nitrogens is 4. The summed E-state index contributed by atoms with van der Waals surface area (Å²) in [5, 5.41) is 10.9. The maximum absolute atomic E-state index is 13.2. The van der Waals surface area contributed by atoms with Gasteiger partial charge in [-0.2, -0.15) is 4.78 Å². The number of hydrogen-bond donors (Lipinski definition) is 0. The molecule has 2 atom stereocenters. The maximum atomic E-state index is 13.2. The van der Waals surface area contributed by atoms with Crippen molar-refractivity contribution < 1.29 is 9.09 Å². The summed E-state index contributed by atoms with van der Waals surface area (Å²) >= 11 is 1.50. The van der Waals surface area contributed by atoms with Crippen LogP contribution in [0.4, 0.5) is 0 Å². The highest BCUT2D eigenvalue weighted by Crippen LogP contribution is 2.62. The first-order valence-corrected chi connectivity index (χ1v) is 8.61. The van der Waals surface area contributed by atoms with E-state index in [0.29, 0.717) is 18.3 Å². The summed E-state index contributed by atoms with van der Waals surface area (Å²) in [7, 11) is -3.17. The van der Waals surface area contributed by atoms with Crippen LogP contribution in [-0.2, 0) is 9.09 Å². The third kappa shape index (κ3) is 1.84. The van der Waals surface area contributed by atoms with Crippen molar-refractivity contribution in [1.29, 1.82) is 0 Å². The molecule has 3 rings (SSSR count). The molecular formula is C9H13N6O2PS. The van der Waals surface area contributed by atoms with E-state index in [9.17, 15) is 4.57 Å². The molecule has 2 aliphatic heterocycles. The zero-order chi connectivity index (χ0) is 13.5. The molecule has 0 saturated carbocycles. The number of hydrogen-bond acceptors (Lipinski definition) is 7. The van der Waals surface area contributed by atoms with E-state index in [1.165, 1.54) is 21.3 Å². The van der Waals surface area contributed by atoms with Gasteiger partial charge in [-0.15, -0.1) is 21.7 Å². The molecule has 0 fully saturated rings. The van der Waals surface area contributed by atoms with Crippen LogP contribution in [0.25, 0.3) is 6.08 Å². The predicted octanol–water partition coefficient (Wildman–Crippen LogP) is 1.32. The molecule has 2 unspecified atom stereocenters. The van der Waals surface area contributed by atoms with Gasteiger partial charge in [0.05, 0.1) is 6.61 Å². The Kier molecular flexibility index (Phi) is 3.20. The fraction of sp³-hybridized carbons (Fsp3) is 0.556. The van der Waals surface area contributed by atoms with E-state index in [2.05, 4.69) is 20.5 Å². The first kappa shape index (κ1) is 12.8. The fourth-order valence-corrected chi connectivity index (χ4v) is 5.91. The Morgan fingerprint density at radius 1 is 1.47 bits per heavy atom. The number of amidine groups is 1. The van der Waals surface area contributed by atoms with Gasteiger partial charge >= 0.3 is 7.52 Å². The monoisotopic (exact) mass is 300 g/mol. The van der Waals surface area contributed by atoms with Crippen molar-refractivity contribution in [2.75, 3.05) is 17.1 Å². The number of rotatable bonds is 4. The van der Waals surface area contributed by atoms with E-state index in [4.69, 9.17) is 4.52 Å². The van der Waals surface area contributed by atoms with Crippen LogP contribution >= 0.6 is 19.3 Å². The molecule has 0 saturated heterocycles. The lowest BCUT2D eigenvalue weighted by Crippen LogP contribution is -2.38. The van der Waals surface area contributed by atoms with Gasteiger partial charge < -0.3 is 4.52 Å². The second-order valence-corrected chi connectivity index (χ2v) is 7.76. The van der Waals surface area contributed by atoms with Crippen LogP contribution in [0, 0.1) is 0 Å². The molecule has 0 radical (unpaired) electrons. The first-order valence-electron chi connectivity index (χ1n) is 5.91. The SMILES string of the molecule is CCOP1(=O)C(SCC)N=C2C=Cc3nnnn3N21. The number of fused-ring (bicyclic) bond motifs is 3. The van der Waals surface area contributed by atoms with Gasteiger partial charge in [0.1, 0.15) is 0 Å². The van der Waals surface area contributed by atoms with Gasteiger partial charge in [0.15, 0.2) is 16.8 Å². The summed E-state index contributed by atoms with van der Waals surface area (Å²) in [6.45, 7) is 4.15. The van der Waals surface area contributed by atoms with Gasteiger partial charge in [0.2, 0.25) is 0 Å². The molecule has 2 aliphatic rings. The summed E-state index contributed by atoms with van der Waals surface area (Å²) in [4.78, 5) is 5.86. The largest absolute Gasteiger partial charge is 0.351 e. The molecule has 102 valence electrons. The van der Waals surface area contributed by atoms with Gasteiger partial charge in [-0.05, 0) is 35.3 Å². The summed E-state index contributed by atoms with van der Waals surface area (Å²) < 4.78 is 20.2. The molecule has 0 spiro atoms. The zero-order valence-electron chi connectivity index (χ0n) is 10.5. The van der Waals surface area contributed by atoms with E-state index in [1.54, 1.807) is 12.2 Å². The van der Waals surface area contributed by atoms with Crippen molar-refractivity contribution in [3.63, 3.8) is 0 Å². The van der Waals surface area contributed by atoms with Crippen LogP contribution in [0.15, 0.2) is 11.1 Å². The van der Waals surface area contributed by atoms with Gasteiger partial charge in [-0.1, -0.05) is 6.92 Å². The van der Waals surface area contributed by atoms with Gasteiger partial charge in [0, 0.05) is 0 Å². The van der Waals surface area contributed by atoms with Crippen LogP contribution in [-0.4, -0.2) is 43.6 Å². The lowest BCUT2D eigenvalue weighted by molar-refractivity contribution is 0.327. The topological polar surface area (TPSA) is 85.5 Å².